The Morgan fingerprint density at radius 3 is 2.09 bits per heavy atom. The van der Waals surface area contributed by atoms with E-state index in [0.717, 1.165) is 12.8 Å². The Balaban J connectivity index is 1.64. The lowest BCUT2D eigenvalue weighted by molar-refractivity contribution is -0.117. The maximum Gasteiger partial charge on any atom is 0.259 e. The summed E-state index contributed by atoms with van der Waals surface area (Å²) < 4.78 is 0. The number of aromatic hydroxyl groups is 1. The third-order valence-corrected chi connectivity index (χ3v) is 3.51. The van der Waals surface area contributed by atoms with Crippen molar-refractivity contribution < 1.29 is 14.7 Å². The van der Waals surface area contributed by atoms with Crippen LogP contribution in [0.1, 0.15) is 23.2 Å². The number of anilines is 2. The molecule has 5 nitrogen and oxygen atoms in total. The predicted molar refractivity (Wildman–Crippen MR) is 83.9 cm³/mol. The van der Waals surface area contributed by atoms with Crippen LogP contribution in [0.25, 0.3) is 0 Å². The molecule has 2 amide bonds. The Morgan fingerprint density at radius 2 is 1.50 bits per heavy atom. The molecule has 1 aliphatic carbocycles. The fraction of sp³-hybridized carbons (Fsp3) is 0.176. The van der Waals surface area contributed by atoms with E-state index in [1.54, 1.807) is 42.5 Å². The van der Waals surface area contributed by atoms with Crippen molar-refractivity contribution in [2.75, 3.05) is 10.6 Å². The van der Waals surface area contributed by atoms with E-state index >= 15 is 0 Å². The van der Waals surface area contributed by atoms with E-state index in [9.17, 15) is 14.7 Å². The summed E-state index contributed by atoms with van der Waals surface area (Å²) in [6.45, 7) is 0. The normalized spacial score (nSPS) is 13.5. The van der Waals surface area contributed by atoms with Gasteiger partial charge in [0.25, 0.3) is 5.91 Å². The fourth-order valence-corrected chi connectivity index (χ4v) is 2.09. The first-order chi connectivity index (χ1) is 10.6. The summed E-state index contributed by atoms with van der Waals surface area (Å²) in [4.78, 5) is 23.7. The Morgan fingerprint density at radius 1 is 0.909 bits per heavy atom. The van der Waals surface area contributed by atoms with Crippen LogP contribution in [0.15, 0.2) is 48.5 Å². The van der Waals surface area contributed by atoms with Gasteiger partial charge in [0, 0.05) is 17.3 Å². The highest BCUT2D eigenvalue weighted by Gasteiger charge is 2.29. The maximum absolute atomic E-state index is 12.1. The van der Waals surface area contributed by atoms with Crippen LogP contribution in [0, 0.1) is 5.92 Å². The smallest absolute Gasteiger partial charge is 0.259 e. The third-order valence-electron chi connectivity index (χ3n) is 3.51. The molecule has 1 fully saturated rings. The molecule has 0 aromatic heterocycles. The molecule has 22 heavy (non-hydrogen) atoms. The van der Waals surface area contributed by atoms with Crippen molar-refractivity contribution in [1.82, 2.24) is 0 Å². The Bertz CT molecular complexity index is 706. The quantitative estimate of drug-likeness (QED) is 0.811. The van der Waals surface area contributed by atoms with Gasteiger partial charge in [0.15, 0.2) is 0 Å². The number of hydrogen-bond donors (Lipinski definition) is 3. The Hall–Kier alpha value is -2.82. The molecule has 3 N–H and O–H groups in total. The molecule has 0 unspecified atom stereocenters. The van der Waals surface area contributed by atoms with Gasteiger partial charge in [-0.1, -0.05) is 12.1 Å². The summed E-state index contributed by atoms with van der Waals surface area (Å²) in [5.74, 6) is -0.243. The third kappa shape index (κ3) is 3.25. The summed E-state index contributed by atoms with van der Waals surface area (Å²) >= 11 is 0. The molecule has 1 saturated carbocycles. The van der Waals surface area contributed by atoms with Crippen molar-refractivity contribution in [3.63, 3.8) is 0 Å². The van der Waals surface area contributed by atoms with E-state index in [0.29, 0.717) is 11.4 Å². The monoisotopic (exact) mass is 296 g/mol. The molecule has 112 valence electrons. The minimum atomic E-state index is -0.382. The number of rotatable bonds is 4. The SMILES string of the molecule is O=C(Nc1ccc(NC(=O)C2CC2)cc1)c1ccccc1O. The summed E-state index contributed by atoms with van der Waals surface area (Å²) in [7, 11) is 0. The first kappa shape index (κ1) is 14.1. The zero-order valence-electron chi connectivity index (χ0n) is 11.9. The van der Waals surface area contributed by atoms with Gasteiger partial charge in [0.1, 0.15) is 5.75 Å². The molecule has 3 rings (SSSR count). The summed E-state index contributed by atoms with van der Waals surface area (Å²) in [5.41, 5.74) is 1.52. The van der Waals surface area contributed by atoms with Gasteiger partial charge in [0.2, 0.25) is 5.91 Å². The van der Waals surface area contributed by atoms with Gasteiger partial charge in [-0.25, -0.2) is 0 Å². The lowest BCUT2D eigenvalue weighted by Gasteiger charge is -2.08. The van der Waals surface area contributed by atoms with Gasteiger partial charge in [-0.2, -0.15) is 0 Å². The van der Waals surface area contributed by atoms with Gasteiger partial charge in [-0.3, -0.25) is 9.59 Å². The molecule has 2 aromatic rings. The molecule has 1 aliphatic rings. The maximum atomic E-state index is 12.1. The van der Waals surface area contributed by atoms with E-state index in [-0.39, 0.29) is 29.0 Å². The van der Waals surface area contributed by atoms with E-state index in [2.05, 4.69) is 10.6 Å². The number of nitrogens with one attached hydrogen (secondary N) is 2. The van der Waals surface area contributed by atoms with Crippen molar-refractivity contribution in [3.8, 4) is 5.75 Å². The van der Waals surface area contributed by atoms with Crippen molar-refractivity contribution in [3.05, 3.63) is 54.1 Å². The standard InChI is InChI=1S/C17H16N2O3/c20-15-4-2-1-3-14(15)17(22)19-13-9-7-12(8-10-13)18-16(21)11-5-6-11/h1-4,7-11,20H,5-6H2,(H,18,21)(H,19,22). The molecule has 0 bridgehead atoms. The van der Waals surface area contributed by atoms with Crippen LogP contribution in [-0.2, 0) is 4.79 Å². The molecule has 0 aliphatic heterocycles. The highest BCUT2D eigenvalue weighted by atomic mass is 16.3. The molecule has 0 saturated heterocycles. The Labute approximate surface area is 128 Å². The largest absolute Gasteiger partial charge is 0.507 e. The van der Waals surface area contributed by atoms with Crippen LogP contribution >= 0.6 is 0 Å². The summed E-state index contributed by atoms with van der Waals surface area (Å²) in [6, 6.07) is 13.2. The average molecular weight is 296 g/mol. The number of benzene rings is 2. The molecule has 0 radical (unpaired) electrons. The molecular weight excluding hydrogens is 280 g/mol. The van der Waals surface area contributed by atoms with Crippen LogP contribution < -0.4 is 10.6 Å². The minimum absolute atomic E-state index is 0.0472. The van der Waals surface area contributed by atoms with Gasteiger partial charge in [-0.05, 0) is 49.2 Å². The van der Waals surface area contributed by atoms with Crippen molar-refractivity contribution in [1.29, 1.82) is 0 Å². The fourth-order valence-electron chi connectivity index (χ4n) is 2.09. The second kappa shape index (κ2) is 5.89. The van der Waals surface area contributed by atoms with Crippen molar-refractivity contribution in [2.45, 2.75) is 12.8 Å². The number of phenolic OH excluding ortho intramolecular Hbond substituents is 1. The van der Waals surface area contributed by atoms with Crippen LogP contribution in [0.3, 0.4) is 0 Å². The van der Waals surface area contributed by atoms with Crippen LogP contribution in [-0.4, -0.2) is 16.9 Å². The summed E-state index contributed by atoms with van der Waals surface area (Å²) in [5, 5.41) is 15.2. The highest BCUT2D eigenvalue weighted by Crippen LogP contribution is 2.30. The lowest BCUT2D eigenvalue weighted by Crippen LogP contribution is -2.14. The molecule has 0 spiro atoms. The predicted octanol–water partition coefficient (Wildman–Crippen LogP) is 2.99. The van der Waals surface area contributed by atoms with Crippen LogP contribution in [0.5, 0.6) is 5.75 Å². The molecule has 0 heterocycles. The van der Waals surface area contributed by atoms with Gasteiger partial charge in [-0.15, -0.1) is 0 Å². The number of hydrogen-bond acceptors (Lipinski definition) is 3. The van der Waals surface area contributed by atoms with Gasteiger partial charge in [0.05, 0.1) is 5.56 Å². The number of carbonyl (C=O) groups is 2. The lowest BCUT2D eigenvalue weighted by atomic mass is 10.2. The van der Waals surface area contributed by atoms with Crippen molar-refractivity contribution in [2.24, 2.45) is 5.92 Å². The van der Waals surface area contributed by atoms with Crippen molar-refractivity contribution >= 4 is 23.2 Å². The minimum Gasteiger partial charge on any atom is -0.507 e. The number of carbonyl (C=O) groups excluding carboxylic acids is 2. The average Bonchev–Trinajstić information content (AvgIpc) is 3.34. The number of phenols is 1. The van der Waals surface area contributed by atoms with E-state index in [1.807, 2.05) is 0 Å². The number of amides is 2. The van der Waals surface area contributed by atoms with Crippen LogP contribution in [0.2, 0.25) is 0 Å². The molecular formula is C17H16N2O3. The zero-order valence-corrected chi connectivity index (χ0v) is 11.9. The molecule has 0 atom stereocenters. The number of para-hydroxylation sites is 1. The van der Waals surface area contributed by atoms with E-state index in [4.69, 9.17) is 0 Å². The van der Waals surface area contributed by atoms with Gasteiger partial charge < -0.3 is 15.7 Å². The molecule has 2 aromatic carbocycles. The highest BCUT2D eigenvalue weighted by molar-refractivity contribution is 6.06. The first-order valence-electron chi connectivity index (χ1n) is 7.14. The van der Waals surface area contributed by atoms with Crippen LogP contribution in [0.4, 0.5) is 11.4 Å². The molecule has 5 heteroatoms. The topological polar surface area (TPSA) is 78.4 Å². The van der Waals surface area contributed by atoms with E-state index in [1.165, 1.54) is 6.07 Å². The second-order valence-electron chi connectivity index (χ2n) is 5.31. The first-order valence-corrected chi connectivity index (χ1v) is 7.14. The zero-order chi connectivity index (χ0) is 15.5. The Kier molecular flexibility index (Phi) is 3.78. The summed E-state index contributed by atoms with van der Waals surface area (Å²) in [6.07, 6.45) is 1.92. The second-order valence-corrected chi connectivity index (χ2v) is 5.31. The van der Waals surface area contributed by atoms with E-state index < -0.39 is 0 Å². The van der Waals surface area contributed by atoms with Gasteiger partial charge >= 0.3 is 0 Å².